The third-order valence-electron chi connectivity index (χ3n) is 1.75. The van der Waals surface area contributed by atoms with Crippen molar-refractivity contribution in [3.05, 3.63) is 11.8 Å². The van der Waals surface area contributed by atoms with Gasteiger partial charge in [-0.25, -0.2) is 4.79 Å². The Bertz CT molecular complexity index is 222. The van der Waals surface area contributed by atoms with Crippen molar-refractivity contribution in [3.8, 4) is 0 Å². The summed E-state index contributed by atoms with van der Waals surface area (Å²) in [6.07, 6.45) is 3.47. The molecule has 1 rings (SSSR count). The molecule has 0 unspecified atom stereocenters. The van der Waals surface area contributed by atoms with Gasteiger partial charge >= 0.3 is 6.09 Å². The SMILES string of the molecule is COC(=O)N1C=C(C=O)CCC1. The Labute approximate surface area is 70.8 Å². The molecule has 0 bridgehead atoms. The van der Waals surface area contributed by atoms with E-state index in [2.05, 4.69) is 4.74 Å². The number of hydrogen-bond donors (Lipinski definition) is 0. The van der Waals surface area contributed by atoms with Crippen LogP contribution in [0.1, 0.15) is 12.8 Å². The van der Waals surface area contributed by atoms with E-state index in [1.165, 1.54) is 12.0 Å². The van der Waals surface area contributed by atoms with E-state index in [4.69, 9.17) is 0 Å². The van der Waals surface area contributed by atoms with Crippen LogP contribution in [-0.4, -0.2) is 30.9 Å². The molecule has 0 aromatic carbocycles. The van der Waals surface area contributed by atoms with E-state index < -0.39 is 6.09 Å². The highest BCUT2D eigenvalue weighted by Gasteiger charge is 2.15. The average Bonchev–Trinajstić information content (AvgIpc) is 2.17. The molecule has 1 aliphatic heterocycles. The lowest BCUT2D eigenvalue weighted by atomic mass is 10.1. The summed E-state index contributed by atoms with van der Waals surface area (Å²) in [5, 5.41) is 0. The Hall–Kier alpha value is -1.32. The maximum atomic E-state index is 11.0. The van der Waals surface area contributed by atoms with Crippen LogP contribution in [0.5, 0.6) is 0 Å². The van der Waals surface area contributed by atoms with Gasteiger partial charge in [0, 0.05) is 18.3 Å². The van der Waals surface area contributed by atoms with E-state index in [1.807, 2.05) is 0 Å². The van der Waals surface area contributed by atoms with E-state index >= 15 is 0 Å². The van der Waals surface area contributed by atoms with Crippen molar-refractivity contribution in [2.24, 2.45) is 0 Å². The van der Waals surface area contributed by atoms with Crippen molar-refractivity contribution in [2.75, 3.05) is 13.7 Å². The zero-order chi connectivity index (χ0) is 8.97. The van der Waals surface area contributed by atoms with E-state index in [9.17, 15) is 9.59 Å². The fourth-order valence-electron chi connectivity index (χ4n) is 1.13. The maximum Gasteiger partial charge on any atom is 0.413 e. The molecule has 4 heteroatoms. The second-order valence-electron chi connectivity index (χ2n) is 2.59. The molecule has 0 aromatic heterocycles. The van der Waals surface area contributed by atoms with Crippen molar-refractivity contribution in [2.45, 2.75) is 12.8 Å². The Morgan fingerprint density at radius 2 is 2.50 bits per heavy atom. The van der Waals surface area contributed by atoms with Gasteiger partial charge < -0.3 is 4.74 Å². The second kappa shape index (κ2) is 3.90. The van der Waals surface area contributed by atoms with Gasteiger partial charge in [0.1, 0.15) is 6.29 Å². The highest BCUT2D eigenvalue weighted by atomic mass is 16.5. The Morgan fingerprint density at radius 1 is 1.75 bits per heavy atom. The van der Waals surface area contributed by atoms with Gasteiger partial charge in [0.25, 0.3) is 0 Å². The minimum absolute atomic E-state index is 0.408. The van der Waals surface area contributed by atoms with Gasteiger partial charge in [-0.2, -0.15) is 0 Å². The number of allylic oxidation sites excluding steroid dienone is 1. The van der Waals surface area contributed by atoms with Crippen molar-refractivity contribution in [1.29, 1.82) is 0 Å². The minimum Gasteiger partial charge on any atom is -0.452 e. The lowest BCUT2D eigenvalue weighted by molar-refractivity contribution is -0.105. The van der Waals surface area contributed by atoms with Gasteiger partial charge in [-0.05, 0) is 12.8 Å². The molecule has 0 fully saturated rings. The Balaban J connectivity index is 2.66. The van der Waals surface area contributed by atoms with Crippen LogP contribution in [0.4, 0.5) is 4.79 Å². The van der Waals surface area contributed by atoms with Crippen molar-refractivity contribution in [3.63, 3.8) is 0 Å². The molecule has 0 saturated carbocycles. The summed E-state index contributed by atoms with van der Waals surface area (Å²) in [6, 6.07) is 0. The summed E-state index contributed by atoms with van der Waals surface area (Å²) in [5.74, 6) is 0. The largest absolute Gasteiger partial charge is 0.452 e. The van der Waals surface area contributed by atoms with Gasteiger partial charge in [-0.3, -0.25) is 9.69 Å². The fraction of sp³-hybridized carbons (Fsp3) is 0.500. The molecule has 1 heterocycles. The van der Waals surface area contributed by atoms with Gasteiger partial charge in [-0.1, -0.05) is 0 Å². The van der Waals surface area contributed by atoms with E-state index in [-0.39, 0.29) is 0 Å². The third-order valence-corrected chi connectivity index (χ3v) is 1.75. The number of carbonyl (C=O) groups excluding carboxylic acids is 2. The predicted molar refractivity (Wildman–Crippen MR) is 42.5 cm³/mol. The molecule has 0 aromatic rings. The summed E-state index contributed by atoms with van der Waals surface area (Å²) in [5.41, 5.74) is 0.645. The first-order valence-electron chi connectivity index (χ1n) is 3.78. The van der Waals surface area contributed by atoms with Crippen LogP contribution in [0.15, 0.2) is 11.8 Å². The quantitative estimate of drug-likeness (QED) is 0.548. The van der Waals surface area contributed by atoms with Crippen LogP contribution in [-0.2, 0) is 9.53 Å². The van der Waals surface area contributed by atoms with E-state index in [1.54, 1.807) is 6.20 Å². The van der Waals surface area contributed by atoms with Gasteiger partial charge in [-0.15, -0.1) is 0 Å². The zero-order valence-electron chi connectivity index (χ0n) is 6.95. The molecule has 0 aliphatic carbocycles. The molecule has 0 N–H and O–H groups in total. The standard InChI is InChI=1S/C8H11NO3/c1-12-8(11)9-4-2-3-7(5-9)6-10/h5-6H,2-4H2,1H3. The number of amides is 1. The molecule has 0 spiro atoms. The molecular weight excluding hydrogens is 158 g/mol. The zero-order valence-corrected chi connectivity index (χ0v) is 6.95. The van der Waals surface area contributed by atoms with Crippen LogP contribution in [0.2, 0.25) is 0 Å². The van der Waals surface area contributed by atoms with E-state index in [0.717, 1.165) is 19.1 Å². The fourth-order valence-corrected chi connectivity index (χ4v) is 1.13. The second-order valence-corrected chi connectivity index (χ2v) is 2.59. The summed E-state index contributed by atoms with van der Waals surface area (Å²) >= 11 is 0. The summed E-state index contributed by atoms with van der Waals surface area (Å²) in [4.78, 5) is 22.8. The highest BCUT2D eigenvalue weighted by molar-refractivity contribution is 5.76. The van der Waals surface area contributed by atoms with Crippen LogP contribution in [0, 0.1) is 0 Å². The number of nitrogens with zero attached hydrogens (tertiary/aromatic N) is 1. The number of carbonyl (C=O) groups is 2. The molecule has 12 heavy (non-hydrogen) atoms. The highest BCUT2D eigenvalue weighted by Crippen LogP contribution is 2.12. The molecule has 0 saturated heterocycles. The van der Waals surface area contributed by atoms with Crippen molar-refractivity contribution < 1.29 is 14.3 Å². The molecule has 1 amide bonds. The average molecular weight is 169 g/mol. The molecule has 4 nitrogen and oxygen atoms in total. The topological polar surface area (TPSA) is 46.6 Å². The molecule has 0 atom stereocenters. The maximum absolute atomic E-state index is 11.0. The van der Waals surface area contributed by atoms with Gasteiger partial charge in [0.2, 0.25) is 0 Å². The van der Waals surface area contributed by atoms with Gasteiger partial charge in [0.05, 0.1) is 7.11 Å². The number of hydrogen-bond acceptors (Lipinski definition) is 3. The first kappa shape index (κ1) is 8.77. The van der Waals surface area contributed by atoms with E-state index in [0.29, 0.717) is 12.1 Å². The third kappa shape index (κ3) is 1.84. The molecular formula is C8H11NO3. The monoisotopic (exact) mass is 169 g/mol. The van der Waals surface area contributed by atoms with Crippen LogP contribution < -0.4 is 0 Å². The summed E-state index contributed by atoms with van der Waals surface area (Å²) in [6.45, 7) is 0.629. The predicted octanol–water partition coefficient (Wildman–Crippen LogP) is 0.931. The van der Waals surface area contributed by atoms with Crippen LogP contribution in [0.3, 0.4) is 0 Å². The molecule has 1 aliphatic rings. The van der Waals surface area contributed by atoms with Crippen molar-refractivity contribution >= 4 is 12.4 Å². The lowest BCUT2D eigenvalue weighted by Crippen LogP contribution is -2.29. The Morgan fingerprint density at radius 3 is 3.08 bits per heavy atom. The number of methoxy groups -OCH3 is 1. The first-order valence-corrected chi connectivity index (χ1v) is 3.78. The molecule has 66 valence electrons. The Kier molecular flexibility index (Phi) is 2.85. The number of aldehydes is 1. The molecule has 0 radical (unpaired) electrons. The summed E-state index contributed by atoms with van der Waals surface area (Å²) < 4.78 is 4.51. The van der Waals surface area contributed by atoms with Gasteiger partial charge in [0.15, 0.2) is 0 Å². The number of ether oxygens (including phenoxy) is 1. The minimum atomic E-state index is -0.408. The first-order chi connectivity index (χ1) is 5.77. The van der Waals surface area contributed by atoms with Crippen LogP contribution >= 0.6 is 0 Å². The number of rotatable bonds is 1. The van der Waals surface area contributed by atoms with Crippen LogP contribution in [0.25, 0.3) is 0 Å². The normalized spacial score (nSPS) is 16.8. The summed E-state index contributed by atoms with van der Waals surface area (Å²) in [7, 11) is 1.32. The van der Waals surface area contributed by atoms with Crippen molar-refractivity contribution in [1.82, 2.24) is 4.90 Å². The lowest BCUT2D eigenvalue weighted by Gasteiger charge is -2.21. The smallest absolute Gasteiger partial charge is 0.413 e.